The quantitative estimate of drug-likeness (QED) is 0.678. The minimum Gasteiger partial charge on any atom is -0.462 e. The van der Waals surface area contributed by atoms with Crippen LogP contribution in [-0.2, 0) is 11.2 Å². The van der Waals surface area contributed by atoms with Gasteiger partial charge in [-0.1, -0.05) is 0 Å². The molecule has 1 aliphatic rings. The van der Waals surface area contributed by atoms with Crippen LogP contribution in [0.3, 0.4) is 0 Å². The number of carbonyl (C=O) groups excluding carboxylic acids is 1. The molecule has 2 rings (SSSR count). The Balaban J connectivity index is 2.44. The van der Waals surface area contributed by atoms with E-state index in [2.05, 4.69) is 0 Å². The van der Waals surface area contributed by atoms with Gasteiger partial charge < -0.3 is 9.84 Å². The highest BCUT2D eigenvalue weighted by molar-refractivity contribution is 8.00. The normalized spacial score (nSPS) is 18.9. The predicted octanol–water partition coefficient (Wildman–Crippen LogP) is 3.02. The zero-order valence-electron chi connectivity index (χ0n) is 9.99. The number of hydrogen-bond donors (Lipinski definition) is 1. The second-order valence-corrected chi connectivity index (χ2v) is 6.04. The molecule has 17 heavy (non-hydrogen) atoms. The summed E-state index contributed by atoms with van der Waals surface area (Å²) < 4.78 is 6.12. The number of aliphatic hydroxyl groups excluding tert-OH is 1. The van der Waals surface area contributed by atoms with Crippen LogP contribution in [0.4, 0.5) is 0 Å². The lowest BCUT2D eigenvalue weighted by Gasteiger charge is -2.19. The Morgan fingerprint density at radius 1 is 1.65 bits per heavy atom. The number of thioether (sulfide) groups is 1. The molecule has 3 nitrogen and oxygen atoms in total. The lowest BCUT2D eigenvalue weighted by Crippen LogP contribution is -2.12. The van der Waals surface area contributed by atoms with Crippen molar-refractivity contribution >= 4 is 29.1 Å². The first-order valence-electron chi connectivity index (χ1n) is 5.73. The standard InChI is InChI=1S/C12H16O3S2/c1-3-15-11(14)10-7-5-4-6-8(13)9(7)12(16-2)17-10/h8,13H,3-6H2,1-2H3/t8-/m1/s1. The summed E-state index contributed by atoms with van der Waals surface area (Å²) in [5.74, 6) is -0.247. The third-order valence-corrected chi connectivity index (χ3v) is 5.26. The van der Waals surface area contributed by atoms with Crippen LogP contribution in [0.1, 0.15) is 46.7 Å². The third-order valence-electron chi connectivity index (χ3n) is 2.90. The Kier molecular flexibility index (Phi) is 4.12. The first kappa shape index (κ1) is 12.9. The Labute approximate surface area is 109 Å². The number of rotatable bonds is 3. The molecule has 1 aliphatic carbocycles. The molecule has 0 unspecified atom stereocenters. The Morgan fingerprint density at radius 2 is 2.41 bits per heavy atom. The molecule has 94 valence electrons. The van der Waals surface area contributed by atoms with Gasteiger partial charge in [0.25, 0.3) is 0 Å². The van der Waals surface area contributed by atoms with E-state index in [0.717, 1.165) is 34.6 Å². The monoisotopic (exact) mass is 272 g/mol. The predicted molar refractivity (Wildman–Crippen MR) is 70.0 cm³/mol. The van der Waals surface area contributed by atoms with E-state index in [1.165, 1.54) is 11.3 Å². The molecule has 1 atom stereocenters. The van der Waals surface area contributed by atoms with Crippen molar-refractivity contribution in [1.29, 1.82) is 0 Å². The van der Waals surface area contributed by atoms with Crippen molar-refractivity contribution in [2.45, 2.75) is 36.5 Å². The summed E-state index contributed by atoms with van der Waals surface area (Å²) in [6.45, 7) is 2.20. The molecule has 1 aromatic rings. The summed E-state index contributed by atoms with van der Waals surface area (Å²) in [5.41, 5.74) is 1.98. The lowest BCUT2D eigenvalue weighted by molar-refractivity contribution is 0.0530. The minimum absolute atomic E-state index is 0.247. The van der Waals surface area contributed by atoms with Crippen LogP contribution in [0.15, 0.2) is 4.21 Å². The smallest absolute Gasteiger partial charge is 0.348 e. The molecule has 1 aromatic heterocycles. The number of ether oxygens (including phenoxy) is 1. The molecular formula is C12H16O3S2. The molecular weight excluding hydrogens is 256 g/mol. The van der Waals surface area contributed by atoms with Gasteiger partial charge in [0.1, 0.15) is 4.88 Å². The minimum atomic E-state index is -0.416. The number of esters is 1. The zero-order valence-corrected chi connectivity index (χ0v) is 11.6. The van der Waals surface area contributed by atoms with E-state index in [0.29, 0.717) is 11.5 Å². The van der Waals surface area contributed by atoms with E-state index >= 15 is 0 Å². The van der Waals surface area contributed by atoms with E-state index in [4.69, 9.17) is 4.74 Å². The van der Waals surface area contributed by atoms with Gasteiger partial charge in [-0.2, -0.15) is 0 Å². The molecule has 0 amide bonds. The molecule has 0 saturated carbocycles. The second-order valence-electron chi connectivity index (χ2n) is 3.94. The SMILES string of the molecule is CCOC(=O)c1sc(SC)c2c1CCC[C@H]2O. The van der Waals surface area contributed by atoms with Gasteiger partial charge in [0, 0.05) is 5.56 Å². The van der Waals surface area contributed by atoms with Gasteiger partial charge in [-0.3, -0.25) is 0 Å². The van der Waals surface area contributed by atoms with Crippen LogP contribution >= 0.6 is 23.1 Å². The van der Waals surface area contributed by atoms with Crippen molar-refractivity contribution in [3.05, 3.63) is 16.0 Å². The molecule has 5 heteroatoms. The molecule has 0 aromatic carbocycles. The van der Waals surface area contributed by atoms with Crippen molar-refractivity contribution in [1.82, 2.24) is 0 Å². The molecule has 0 spiro atoms. The van der Waals surface area contributed by atoms with Crippen LogP contribution < -0.4 is 0 Å². The van der Waals surface area contributed by atoms with Gasteiger partial charge in [-0.15, -0.1) is 23.1 Å². The second kappa shape index (κ2) is 5.42. The van der Waals surface area contributed by atoms with Crippen LogP contribution in [0, 0.1) is 0 Å². The summed E-state index contributed by atoms with van der Waals surface area (Å²) in [5, 5.41) is 10.0. The molecule has 0 aliphatic heterocycles. The van der Waals surface area contributed by atoms with Crippen molar-refractivity contribution in [2.24, 2.45) is 0 Å². The number of aliphatic hydroxyl groups is 1. The zero-order chi connectivity index (χ0) is 12.4. The van der Waals surface area contributed by atoms with Crippen LogP contribution in [0.25, 0.3) is 0 Å². The molecule has 0 fully saturated rings. The maximum Gasteiger partial charge on any atom is 0.348 e. The Hall–Kier alpha value is -0.520. The van der Waals surface area contributed by atoms with Crippen LogP contribution in [0.2, 0.25) is 0 Å². The Morgan fingerprint density at radius 3 is 3.06 bits per heavy atom. The molecule has 1 N–H and O–H groups in total. The fourth-order valence-electron chi connectivity index (χ4n) is 2.17. The van der Waals surface area contributed by atoms with E-state index in [1.54, 1.807) is 11.8 Å². The summed E-state index contributed by atoms with van der Waals surface area (Å²) in [6.07, 6.45) is 4.16. The summed E-state index contributed by atoms with van der Waals surface area (Å²) in [6, 6.07) is 0. The lowest BCUT2D eigenvalue weighted by atomic mass is 9.91. The van der Waals surface area contributed by atoms with Crippen molar-refractivity contribution < 1.29 is 14.6 Å². The highest BCUT2D eigenvalue weighted by atomic mass is 32.2. The maximum absolute atomic E-state index is 11.8. The number of carbonyl (C=O) groups is 1. The fraction of sp³-hybridized carbons (Fsp3) is 0.583. The summed E-state index contributed by atoms with van der Waals surface area (Å²) >= 11 is 3.05. The third kappa shape index (κ3) is 2.37. The first-order valence-corrected chi connectivity index (χ1v) is 7.77. The number of fused-ring (bicyclic) bond motifs is 1. The maximum atomic E-state index is 11.8. The molecule has 0 bridgehead atoms. The highest BCUT2D eigenvalue weighted by Gasteiger charge is 2.29. The van der Waals surface area contributed by atoms with Crippen LogP contribution in [0.5, 0.6) is 0 Å². The molecule has 0 saturated heterocycles. The van der Waals surface area contributed by atoms with Gasteiger partial charge in [0.15, 0.2) is 0 Å². The number of hydrogen-bond acceptors (Lipinski definition) is 5. The van der Waals surface area contributed by atoms with Crippen molar-refractivity contribution in [2.75, 3.05) is 12.9 Å². The van der Waals surface area contributed by atoms with Gasteiger partial charge in [0.2, 0.25) is 0 Å². The van der Waals surface area contributed by atoms with Gasteiger partial charge >= 0.3 is 5.97 Å². The molecule has 1 heterocycles. The summed E-state index contributed by atoms with van der Waals surface area (Å²) in [7, 11) is 0. The largest absolute Gasteiger partial charge is 0.462 e. The van der Waals surface area contributed by atoms with Crippen molar-refractivity contribution in [3.8, 4) is 0 Å². The van der Waals surface area contributed by atoms with E-state index in [1.807, 2.05) is 13.2 Å². The topological polar surface area (TPSA) is 46.5 Å². The van der Waals surface area contributed by atoms with Gasteiger partial charge in [0.05, 0.1) is 16.9 Å². The van der Waals surface area contributed by atoms with Gasteiger partial charge in [-0.05, 0) is 38.0 Å². The number of thiophene rings is 1. The average Bonchev–Trinajstić information content (AvgIpc) is 2.69. The molecule has 0 radical (unpaired) electrons. The van der Waals surface area contributed by atoms with Gasteiger partial charge in [-0.25, -0.2) is 4.79 Å². The van der Waals surface area contributed by atoms with E-state index in [9.17, 15) is 9.90 Å². The van der Waals surface area contributed by atoms with E-state index in [-0.39, 0.29) is 5.97 Å². The summed E-state index contributed by atoms with van der Waals surface area (Å²) in [4.78, 5) is 12.5. The highest BCUT2D eigenvalue weighted by Crippen LogP contribution is 2.43. The first-order chi connectivity index (χ1) is 8.19. The Bertz CT molecular complexity index is 426. The van der Waals surface area contributed by atoms with E-state index < -0.39 is 6.10 Å². The van der Waals surface area contributed by atoms with Crippen LogP contribution in [-0.4, -0.2) is 23.9 Å². The fourth-order valence-corrected chi connectivity index (χ4v) is 4.26. The van der Waals surface area contributed by atoms with Crippen molar-refractivity contribution in [3.63, 3.8) is 0 Å². The average molecular weight is 272 g/mol.